The molecule has 3 aromatic heterocycles. The van der Waals surface area contributed by atoms with E-state index in [1.807, 2.05) is 42.0 Å². The van der Waals surface area contributed by atoms with Gasteiger partial charge < -0.3 is 4.57 Å². The number of hydrogen-bond acceptors (Lipinski definition) is 8. The summed E-state index contributed by atoms with van der Waals surface area (Å²) in [5, 5.41) is 14.4. The van der Waals surface area contributed by atoms with Crippen LogP contribution in [0, 0.1) is 13.8 Å². The number of hydrogen-bond donors (Lipinski definition) is 0. The Hall–Kier alpha value is -1.98. The van der Waals surface area contributed by atoms with Crippen LogP contribution in [0.5, 0.6) is 0 Å². The maximum absolute atomic E-state index is 12.9. The van der Waals surface area contributed by atoms with E-state index in [1.165, 1.54) is 11.8 Å². The van der Waals surface area contributed by atoms with E-state index in [-0.39, 0.29) is 29.1 Å². The van der Waals surface area contributed by atoms with Crippen LogP contribution in [-0.2, 0) is 16.4 Å². The molecule has 3 aromatic rings. The lowest BCUT2D eigenvalue weighted by Gasteiger charge is -2.16. The number of nitrogens with zero attached hydrogens (tertiary/aromatic N) is 5. The Kier molecular flexibility index (Phi) is 5.63. The maximum Gasteiger partial charge on any atom is 0.210 e. The number of aromatic nitrogens is 5. The first-order chi connectivity index (χ1) is 13.8. The number of aryl methyl sites for hydroxylation is 1. The second-order valence-electron chi connectivity index (χ2n) is 7.12. The van der Waals surface area contributed by atoms with Gasteiger partial charge in [-0.1, -0.05) is 17.8 Å². The largest absolute Gasteiger partial charge is 0.344 e. The Morgan fingerprint density at radius 2 is 2.21 bits per heavy atom. The number of carbonyl (C=O) groups excluding carboxylic acids is 1. The molecule has 0 radical (unpaired) electrons. The second-order valence-corrected chi connectivity index (χ2v) is 11.3. The van der Waals surface area contributed by atoms with Crippen molar-refractivity contribution in [3.63, 3.8) is 0 Å². The molecule has 0 unspecified atom stereocenters. The van der Waals surface area contributed by atoms with Crippen molar-refractivity contribution in [1.29, 1.82) is 0 Å². The number of carbonyl (C=O) groups is 1. The molecule has 0 aromatic carbocycles. The molecule has 154 valence electrons. The average molecular weight is 452 g/mol. The van der Waals surface area contributed by atoms with E-state index < -0.39 is 9.84 Å². The van der Waals surface area contributed by atoms with Crippen LogP contribution in [0.2, 0.25) is 0 Å². The molecule has 0 amide bonds. The van der Waals surface area contributed by atoms with Gasteiger partial charge in [-0.05, 0) is 48.2 Å². The van der Waals surface area contributed by atoms with Crippen molar-refractivity contribution in [2.24, 2.45) is 0 Å². The topological polar surface area (TPSA) is 99.7 Å². The van der Waals surface area contributed by atoms with E-state index in [2.05, 4.69) is 15.5 Å². The minimum Gasteiger partial charge on any atom is -0.344 e. The molecule has 1 fully saturated rings. The fourth-order valence-corrected chi connectivity index (χ4v) is 6.90. The summed E-state index contributed by atoms with van der Waals surface area (Å²) in [5.74, 6) is 0.558. The molecule has 1 atom stereocenters. The van der Waals surface area contributed by atoms with Crippen molar-refractivity contribution in [3.05, 3.63) is 45.4 Å². The quantitative estimate of drug-likeness (QED) is 0.402. The third-order valence-corrected chi connectivity index (χ3v) is 8.64. The molecule has 4 heterocycles. The number of tetrazole rings is 1. The molecule has 29 heavy (non-hydrogen) atoms. The van der Waals surface area contributed by atoms with E-state index in [4.69, 9.17) is 0 Å². The van der Waals surface area contributed by atoms with Gasteiger partial charge in [0.15, 0.2) is 15.6 Å². The molecule has 1 aliphatic heterocycles. The van der Waals surface area contributed by atoms with E-state index in [9.17, 15) is 13.2 Å². The smallest absolute Gasteiger partial charge is 0.210 e. The van der Waals surface area contributed by atoms with Gasteiger partial charge in [0.2, 0.25) is 5.16 Å². The molecule has 4 rings (SSSR count). The van der Waals surface area contributed by atoms with Crippen LogP contribution >= 0.6 is 23.1 Å². The number of Topliss-reactive ketones (excluding diaryl/α,β-unsaturated/α-hetero) is 1. The fourth-order valence-electron chi connectivity index (χ4n) is 3.76. The van der Waals surface area contributed by atoms with Crippen LogP contribution in [0.25, 0.3) is 0 Å². The predicted molar refractivity (Wildman–Crippen MR) is 113 cm³/mol. The van der Waals surface area contributed by atoms with Gasteiger partial charge in [0.05, 0.1) is 23.8 Å². The SMILES string of the molecule is Cc1cc(C(=O)CSc2nnnn2Cc2cccs2)c(C)n1[C@H]1CCS(=O)(=O)C1. The molecular formula is C18H21N5O3S3. The lowest BCUT2D eigenvalue weighted by molar-refractivity contribution is 0.102. The zero-order chi connectivity index (χ0) is 20.6. The van der Waals surface area contributed by atoms with Crippen LogP contribution in [0.1, 0.15) is 39.1 Å². The van der Waals surface area contributed by atoms with E-state index >= 15 is 0 Å². The number of sulfone groups is 1. The van der Waals surface area contributed by atoms with Crippen molar-refractivity contribution in [1.82, 2.24) is 24.8 Å². The molecule has 1 aliphatic rings. The van der Waals surface area contributed by atoms with Gasteiger partial charge in [-0.25, -0.2) is 13.1 Å². The van der Waals surface area contributed by atoms with Gasteiger partial charge in [-0.3, -0.25) is 4.79 Å². The van der Waals surface area contributed by atoms with E-state index in [0.29, 0.717) is 23.7 Å². The van der Waals surface area contributed by atoms with Gasteiger partial charge in [-0.2, -0.15) is 0 Å². The van der Waals surface area contributed by atoms with Crippen LogP contribution < -0.4 is 0 Å². The maximum atomic E-state index is 12.9. The Balaban J connectivity index is 1.46. The first kappa shape index (κ1) is 20.3. The summed E-state index contributed by atoms with van der Waals surface area (Å²) in [7, 11) is -2.99. The first-order valence-corrected chi connectivity index (χ1v) is 12.9. The first-order valence-electron chi connectivity index (χ1n) is 9.17. The molecule has 8 nitrogen and oxygen atoms in total. The summed E-state index contributed by atoms with van der Waals surface area (Å²) in [6.07, 6.45) is 0.596. The van der Waals surface area contributed by atoms with Crippen molar-refractivity contribution >= 4 is 38.7 Å². The third-order valence-electron chi connectivity index (χ3n) is 5.08. The molecular weight excluding hydrogens is 430 g/mol. The highest BCUT2D eigenvalue weighted by Crippen LogP contribution is 2.30. The Morgan fingerprint density at radius 3 is 2.90 bits per heavy atom. The highest BCUT2D eigenvalue weighted by molar-refractivity contribution is 7.99. The molecule has 0 aliphatic carbocycles. The predicted octanol–water partition coefficient (Wildman–Crippen LogP) is 2.54. The van der Waals surface area contributed by atoms with Gasteiger partial charge >= 0.3 is 0 Å². The Bertz CT molecular complexity index is 1130. The van der Waals surface area contributed by atoms with E-state index in [1.54, 1.807) is 16.0 Å². The van der Waals surface area contributed by atoms with Crippen LogP contribution in [-0.4, -0.2) is 56.2 Å². The number of ketones is 1. The highest BCUT2D eigenvalue weighted by atomic mass is 32.2. The molecule has 0 spiro atoms. The summed E-state index contributed by atoms with van der Waals surface area (Å²) in [4.78, 5) is 14.0. The number of thioether (sulfide) groups is 1. The van der Waals surface area contributed by atoms with E-state index in [0.717, 1.165) is 16.3 Å². The van der Waals surface area contributed by atoms with Gasteiger partial charge in [-0.15, -0.1) is 16.4 Å². The van der Waals surface area contributed by atoms with Gasteiger partial charge in [0.25, 0.3) is 0 Å². The van der Waals surface area contributed by atoms with Crippen LogP contribution in [0.15, 0.2) is 28.7 Å². The highest BCUT2D eigenvalue weighted by Gasteiger charge is 2.31. The Morgan fingerprint density at radius 1 is 1.38 bits per heavy atom. The van der Waals surface area contributed by atoms with Gasteiger partial charge in [0, 0.05) is 27.9 Å². The standard InChI is InChI=1S/C18H21N5O3S3/c1-12-8-16(13(2)23(12)14-5-7-29(25,26)11-14)17(24)10-28-18-19-20-21-22(18)9-15-4-3-6-27-15/h3-4,6,8,14H,5,7,9-11H2,1-2H3/t14-/m0/s1. The fraction of sp³-hybridized carbons (Fsp3) is 0.444. The zero-order valence-corrected chi connectivity index (χ0v) is 18.6. The van der Waals surface area contributed by atoms with Crippen molar-refractivity contribution in [3.8, 4) is 0 Å². The van der Waals surface area contributed by atoms with Gasteiger partial charge in [0.1, 0.15) is 0 Å². The monoisotopic (exact) mass is 451 g/mol. The summed E-state index contributed by atoms with van der Waals surface area (Å²) in [6, 6.07) is 5.76. The second kappa shape index (κ2) is 8.04. The molecule has 0 N–H and O–H groups in total. The third kappa shape index (κ3) is 4.31. The summed E-state index contributed by atoms with van der Waals surface area (Å²) >= 11 is 2.94. The summed E-state index contributed by atoms with van der Waals surface area (Å²) in [6.45, 7) is 4.38. The molecule has 1 saturated heterocycles. The van der Waals surface area contributed by atoms with Crippen molar-refractivity contribution in [2.45, 2.75) is 38.0 Å². The Labute approximate surface area is 177 Å². The number of thiophene rings is 1. The van der Waals surface area contributed by atoms with Crippen LogP contribution in [0.3, 0.4) is 0 Å². The van der Waals surface area contributed by atoms with Crippen molar-refractivity contribution in [2.75, 3.05) is 17.3 Å². The zero-order valence-electron chi connectivity index (χ0n) is 16.1. The lowest BCUT2D eigenvalue weighted by Crippen LogP contribution is -2.14. The van der Waals surface area contributed by atoms with Crippen LogP contribution in [0.4, 0.5) is 0 Å². The average Bonchev–Trinajstić information content (AvgIpc) is 3.43. The minimum absolute atomic E-state index is 0.0131. The van der Waals surface area contributed by atoms with Crippen molar-refractivity contribution < 1.29 is 13.2 Å². The number of rotatable bonds is 7. The minimum atomic E-state index is -2.99. The lowest BCUT2D eigenvalue weighted by atomic mass is 10.2. The molecule has 0 bridgehead atoms. The normalized spacial score (nSPS) is 18.3. The summed E-state index contributed by atoms with van der Waals surface area (Å²) in [5.41, 5.74) is 2.38. The molecule has 0 saturated carbocycles. The molecule has 11 heteroatoms. The summed E-state index contributed by atoms with van der Waals surface area (Å²) < 4.78 is 27.4.